The second-order valence-electron chi connectivity index (χ2n) is 8.19. The summed E-state index contributed by atoms with van der Waals surface area (Å²) in [6.07, 6.45) is 0.430. The second kappa shape index (κ2) is 10.2. The van der Waals surface area contributed by atoms with E-state index in [4.69, 9.17) is 8.92 Å². The molecule has 0 radical (unpaired) electrons. The highest BCUT2D eigenvalue weighted by Gasteiger charge is 2.19. The molecule has 0 heterocycles. The Morgan fingerprint density at radius 1 is 0.794 bits per heavy atom. The summed E-state index contributed by atoms with van der Waals surface area (Å²) in [5.74, 6) is -0.357. The standard InChI is InChI=1S/C27H27NO5S/c1-28(2)25-15-6-14-24-23(25)13-7-16-26(24)34(30,31)33-18-8-17-32-27(29)19-21-11-5-10-20-9-3-4-12-22(20)21/h3-7,9-16H,8,17-19H2,1-2H3. The molecule has 0 amide bonds. The van der Waals surface area contributed by atoms with E-state index in [-0.39, 0.29) is 36.9 Å². The van der Waals surface area contributed by atoms with Crippen LogP contribution in [0.2, 0.25) is 0 Å². The zero-order chi connectivity index (χ0) is 24.1. The van der Waals surface area contributed by atoms with Crippen LogP contribution in [0.25, 0.3) is 21.5 Å². The van der Waals surface area contributed by atoms with Gasteiger partial charge in [0.1, 0.15) is 4.90 Å². The predicted molar refractivity (Wildman–Crippen MR) is 135 cm³/mol. The number of nitrogens with zero attached hydrogens (tertiary/aromatic N) is 1. The zero-order valence-corrected chi connectivity index (χ0v) is 20.0. The van der Waals surface area contributed by atoms with E-state index in [1.807, 2.05) is 79.7 Å². The molecule has 0 aliphatic heterocycles. The monoisotopic (exact) mass is 477 g/mol. The number of esters is 1. The fraction of sp³-hybridized carbons (Fsp3) is 0.222. The van der Waals surface area contributed by atoms with Gasteiger partial charge in [-0.1, -0.05) is 66.7 Å². The molecule has 0 aliphatic carbocycles. The first kappa shape index (κ1) is 23.7. The lowest BCUT2D eigenvalue weighted by atomic mass is 10.0. The maximum Gasteiger partial charge on any atom is 0.310 e. The number of fused-ring (bicyclic) bond motifs is 2. The lowest BCUT2D eigenvalue weighted by Gasteiger charge is -2.16. The Bertz CT molecular complexity index is 1420. The van der Waals surface area contributed by atoms with Crippen molar-refractivity contribution in [3.05, 3.63) is 84.4 Å². The number of carbonyl (C=O) groups is 1. The predicted octanol–water partition coefficient (Wildman–Crippen LogP) is 4.94. The second-order valence-corrected chi connectivity index (χ2v) is 9.77. The largest absolute Gasteiger partial charge is 0.465 e. The number of rotatable bonds is 9. The molecule has 0 bridgehead atoms. The van der Waals surface area contributed by atoms with Crippen LogP contribution in [-0.2, 0) is 30.3 Å². The Morgan fingerprint density at radius 2 is 1.47 bits per heavy atom. The van der Waals surface area contributed by atoms with E-state index < -0.39 is 10.1 Å². The summed E-state index contributed by atoms with van der Waals surface area (Å²) in [6, 6.07) is 24.4. The molecule has 0 N–H and O–H groups in total. The Hall–Kier alpha value is -3.42. The third-order valence-electron chi connectivity index (χ3n) is 5.62. The van der Waals surface area contributed by atoms with Gasteiger partial charge in [0.2, 0.25) is 0 Å². The van der Waals surface area contributed by atoms with E-state index >= 15 is 0 Å². The molecular weight excluding hydrogens is 450 g/mol. The van der Waals surface area contributed by atoms with Crippen LogP contribution in [0, 0.1) is 0 Å². The number of hydrogen-bond donors (Lipinski definition) is 0. The minimum atomic E-state index is -3.96. The first-order valence-corrected chi connectivity index (χ1v) is 12.5. The molecule has 34 heavy (non-hydrogen) atoms. The smallest absolute Gasteiger partial charge is 0.310 e. The van der Waals surface area contributed by atoms with Gasteiger partial charge >= 0.3 is 5.97 Å². The molecule has 4 rings (SSSR count). The van der Waals surface area contributed by atoms with Gasteiger partial charge in [-0.3, -0.25) is 8.98 Å². The summed E-state index contributed by atoms with van der Waals surface area (Å²) < 4.78 is 36.3. The molecule has 6 nitrogen and oxygen atoms in total. The number of anilines is 1. The molecule has 0 saturated carbocycles. The summed E-state index contributed by atoms with van der Waals surface area (Å²) in [4.78, 5) is 14.3. The van der Waals surface area contributed by atoms with Crippen molar-refractivity contribution in [2.45, 2.75) is 17.7 Å². The van der Waals surface area contributed by atoms with Crippen molar-refractivity contribution in [3.63, 3.8) is 0 Å². The third-order valence-corrected chi connectivity index (χ3v) is 6.99. The Balaban J connectivity index is 1.33. The SMILES string of the molecule is CN(C)c1cccc2c(S(=O)(=O)OCCCOC(=O)Cc3cccc4ccccc34)cccc12. The topological polar surface area (TPSA) is 72.9 Å². The molecule has 0 unspecified atom stereocenters. The summed E-state index contributed by atoms with van der Waals surface area (Å²) in [7, 11) is -0.140. The molecule has 4 aromatic carbocycles. The van der Waals surface area contributed by atoms with Gasteiger partial charge in [-0.05, 0) is 28.5 Å². The Kier molecular flexibility index (Phi) is 7.14. The molecule has 7 heteroatoms. The van der Waals surface area contributed by atoms with Crippen LogP contribution in [0.3, 0.4) is 0 Å². The summed E-state index contributed by atoms with van der Waals surface area (Å²) in [6.45, 7) is 0.00702. The number of hydrogen-bond acceptors (Lipinski definition) is 6. The van der Waals surface area contributed by atoms with Gasteiger partial charge in [0.15, 0.2) is 0 Å². The van der Waals surface area contributed by atoms with Crippen molar-refractivity contribution in [2.24, 2.45) is 0 Å². The van der Waals surface area contributed by atoms with Gasteiger partial charge in [0, 0.05) is 37.0 Å². The Morgan fingerprint density at radius 3 is 2.29 bits per heavy atom. The molecule has 0 fully saturated rings. The van der Waals surface area contributed by atoms with Crippen molar-refractivity contribution in [2.75, 3.05) is 32.2 Å². The molecule has 176 valence electrons. The number of benzene rings is 4. The van der Waals surface area contributed by atoms with Gasteiger partial charge in [0.25, 0.3) is 10.1 Å². The van der Waals surface area contributed by atoms with Crippen molar-refractivity contribution >= 4 is 43.3 Å². The number of carbonyl (C=O) groups excluding carboxylic acids is 1. The average Bonchev–Trinajstić information content (AvgIpc) is 2.83. The van der Waals surface area contributed by atoms with Crippen LogP contribution in [0.5, 0.6) is 0 Å². The summed E-state index contributed by atoms with van der Waals surface area (Å²) >= 11 is 0. The molecule has 0 atom stereocenters. The first-order valence-electron chi connectivity index (χ1n) is 11.1. The maximum atomic E-state index is 12.8. The molecule has 4 aromatic rings. The van der Waals surface area contributed by atoms with Gasteiger partial charge in [0.05, 0.1) is 19.6 Å². The highest BCUT2D eigenvalue weighted by molar-refractivity contribution is 7.87. The fourth-order valence-electron chi connectivity index (χ4n) is 4.00. The molecule has 0 aliphatic rings. The van der Waals surface area contributed by atoms with Gasteiger partial charge in [-0.2, -0.15) is 8.42 Å². The van der Waals surface area contributed by atoms with E-state index in [1.165, 1.54) is 0 Å². The molecule has 0 saturated heterocycles. The van der Waals surface area contributed by atoms with Crippen molar-refractivity contribution in [1.29, 1.82) is 0 Å². The molecule has 0 aromatic heterocycles. The van der Waals surface area contributed by atoms with Crippen LogP contribution < -0.4 is 4.90 Å². The van der Waals surface area contributed by atoms with Gasteiger partial charge < -0.3 is 9.64 Å². The van der Waals surface area contributed by atoms with Crippen LogP contribution in [0.4, 0.5) is 5.69 Å². The summed E-state index contributed by atoms with van der Waals surface area (Å²) in [5, 5.41) is 3.52. The lowest BCUT2D eigenvalue weighted by Crippen LogP contribution is -2.13. The lowest BCUT2D eigenvalue weighted by molar-refractivity contribution is -0.143. The van der Waals surface area contributed by atoms with E-state index in [9.17, 15) is 13.2 Å². The quantitative estimate of drug-likeness (QED) is 0.193. The van der Waals surface area contributed by atoms with Gasteiger partial charge in [-0.15, -0.1) is 0 Å². The highest BCUT2D eigenvalue weighted by Crippen LogP contribution is 2.31. The van der Waals surface area contributed by atoms with E-state index in [2.05, 4.69) is 0 Å². The van der Waals surface area contributed by atoms with Crippen molar-refractivity contribution < 1.29 is 22.1 Å². The van der Waals surface area contributed by atoms with Crippen molar-refractivity contribution in [1.82, 2.24) is 0 Å². The zero-order valence-electron chi connectivity index (χ0n) is 19.2. The highest BCUT2D eigenvalue weighted by atomic mass is 32.2. The minimum absolute atomic E-state index is 0.0758. The van der Waals surface area contributed by atoms with Crippen LogP contribution in [-0.4, -0.2) is 41.7 Å². The molecular formula is C27H27NO5S. The normalized spacial score (nSPS) is 11.6. The number of ether oxygens (including phenoxy) is 1. The van der Waals surface area contributed by atoms with Crippen molar-refractivity contribution in [3.8, 4) is 0 Å². The van der Waals surface area contributed by atoms with E-state index in [0.717, 1.165) is 27.4 Å². The average molecular weight is 478 g/mol. The molecule has 0 spiro atoms. The van der Waals surface area contributed by atoms with Crippen LogP contribution in [0.1, 0.15) is 12.0 Å². The third kappa shape index (κ3) is 5.21. The summed E-state index contributed by atoms with van der Waals surface area (Å²) in [5.41, 5.74) is 1.82. The van der Waals surface area contributed by atoms with Crippen LogP contribution >= 0.6 is 0 Å². The maximum absolute atomic E-state index is 12.8. The van der Waals surface area contributed by atoms with E-state index in [0.29, 0.717) is 5.39 Å². The fourth-order valence-corrected chi connectivity index (χ4v) is 5.16. The van der Waals surface area contributed by atoms with E-state index in [1.54, 1.807) is 18.2 Å². The van der Waals surface area contributed by atoms with Gasteiger partial charge in [-0.25, -0.2) is 0 Å². The Labute approximate surface area is 199 Å². The van der Waals surface area contributed by atoms with Crippen LogP contribution in [0.15, 0.2) is 83.8 Å². The minimum Gasteiger partial charge on any atom is -0.465 e. The first-order chi connectivity index (χ1) is 16.4.